The van der Waals surface area contributed by atoms with E-state index in [1.807, 2.05) is 12.3 Å². The summed E-state index contributed by atoms with van der Waals surface area (Å²) < 4.78 is 0. The molecule has 1 fully saturated rings. The highest BCUT2D eigenvalue weighted by molar-refractivity contribution is 6.41. The fraction of sp³-hybridized carbons (Fsp3) is 0.417. The minimum absolute atomic E-state index is 0.375. The summed E-state index contributed by atoms with van der Waals surface area (Å²) in [7, 11) is 0. The Bertz CT molecular complexity index is 456. The third-order valence-corrected chi connectivity index (χ3v) is 4.14. The highest BCUT2D eigenvalue weighted by atomic mass is 35.5. The van der Waals surface area contributed by atoms with E-state index in [4.69, 9.17) is 23.2 Å². The van der Waals surface area contributed by atoms with Crippen LogP contribution in [0.25, 0.3) is 5.57 Å². The third kappa shape index (κ3) is 1.65. The molecule has 2 aliphatic rings. The van der Waals surface area contributed by atoms with Crippen molar-refractivity contribution in [3.8, 4) is 0 Å². The Morgan fingerprint density at radius 3 is 3.06 bits per heavy atom. The molecule has 0 spiro atoms. The standard InChI is InChI=1S/C12H12Cl2N2/c13-10-5-8(6-16-12(10)14)9-2-1-7-3-4-15-11(7)9/h2,5-7,11,15H,1,3-4H2/t7-,11+/m0/s1. The molecule has 0 bridgehead atoms. The molecule has 2 heterocycles. The van der Waals surface area contributed by atoms with E-state index in [1.54, 1.807) is 0 Å². The van der Waals surface area contributed by atoms with Crippen LogP contribution in [0.1, 0.15) is 18.4 Å². The van der Waals surface area contributed by atoms with Gasteiger partial charge in [-0.15, -0.1) is 0 Å². The Hall–Kier alpha value is -0.570. The number of pyridine rings is 1. The van der Waals surface area contributed by atoms with Gasteiger partial charge in [-0.3, -0.25) is 0 Å². The molecule has 3 rings (SSSR count). The highest BCUT2D eigenvalue weighted by Gasteiger charge is 2.34. The summed E-state index contributed by atoms with van der Waals surface area (Å²) in [6.07, 6.45) is 6.53. The summed E-state index contributed by atoms with van der Waals surface area (Å²) in [6, 6.07) is 2.39. The van der Waals surface area contributed by atoms with Crippen molar-refractivity contribution in [3.63, 3.8) is 0 Å². The molecule has 1 N–H and O–H groups in total. The molecule has 2 nitrogen and oxygen atoms in total. The second kappa shape index (κ2) is 4.02. The first kappa shape index (κ1) is 10.6. The summed E-state index contributed by atoms with van der Waals surface area (Å²) in [5.74, 6) is 0.754. The number of nitrogens with zero attached hydrogens (tertiary/aromatic N) is 1. The number of allylic oxidation sites excluding steroid dienone is 1. The molecule has 1 aliphatic heterocycles. The van der Waals surface area contributed by atoms with E-state index in [9.17, 15) is 0 Å². The van der Waals surface area contributed by atoms with Crippen LogP contribution in [-0.4, -0.2) is 17.6 Å². The summed E-state index contributed by atoms with van der Waals surface area (Å²) >= 11 is 11.8. The lowest BCUT2D eigenvalue weighted by Crippen LogP contribution is -2.24. The van der Waals surface area contributed by atoms with Crippen LogP contribution in [0.15, 0.2) is 18.3 Å². The minimum Gasteiger partial charge on any atom is -0.310 e. The lowest BCUT2D eigenvalue weighted by Gasteiger charge is -2.15. The van der Waals surface area contributed by atoms with Crippen molar-refractivity contribution in [1.82, 2.24) is 10.3 Å². The van der Waals surface area contributed by atoms with E-state index in [1.165, 1.54) is 12.0 Å². The predicted molar refractivity (Wildman–Crippen MR) is 66.7 cm³/mol. The highest BCUT2D eigenvalue weighted by Crippen LogP contribution is 2.38. The number of hydrogen-bond donors (Lipinski definition) is 1. The van der Waals surface area contributed by atoms with Gasteiger partial charge < -0.3 is 5.32 Å². The predicted octanol–water partition coefficient (Wildman–Crippen LogP) is 3.15. The maximum atomic E-state index is 5.99. The quantitative estimate of drug-likeness (QED) is 0.780. The van der Waals surface area contributed by atoms with Crippen LogP contribution >= 0.6 is 23.2 Å². The van der Waals surface area contributed by atoms with Gasteiger partial charge in [0.1, 0.15) is 5.15 Å². The second-order valence-electron chi connectivity index (χ2n) is 4.37. The Balaban J connectivity index is 1.95. The van der Waals surface area contributed by atoms with Gasteiger partial charge in [-0.05, 0) is 42.5 Å². The van der Waals surface area contributed by atoms with Crippen LogP contribution in [-0.2, 0) is 0 Å². The van der Waals surface area contributed by atoms with Crippen molar-refractivity contribution in [2.75, 3.05) is 6.54 Å². The van der Waals surface area contributed by atoms with Gasteiger partial charge in [0.15, 0.2) is 0 Å². The van der Waals surface area contributed by atoms with Crippen LogP contribution in [0.4, 0.5) is 0 Å². The fourth-order valence-corrected chi connectivity index (χ4v) is 2.93. The molecule has 84 valence electrons. The summed E-state index contributed by atoms with van der Waals surface area (Å²) in [5.41, 5.74) is 2.42. The Morgan fingerprint density at radius 2 is 2.25 bits per heavy atom. The molecular formula is C12H12Cl2N2. The van der Waals surface area contributed by atoms with E-state index in [0.29, 0.717) is 16.2 Å². The van der Waals surface area contributed by atoms with E-state index >= 15 is 0 Å². The zero-order valence-corrected chi connectivity index (χ0v) is 10.2. The van der Waals surface area contributed by atoms with Crippen molar-refractivity contribution in [3.05, 3.63) is 34.1 Å². The van der Waals surface area contributed by atoms with Crippen molar-refractivity contribution < 1.29 is 0 Å². The Morgan fingerprint density at radius 1 is 1.38 bits per heavy atom. The van der Waals surface area contributed by atoms with E-state index in [2.05, 4.69) is 16.4 Å². The molecule has 1 saturated heterocycles. The molecule has 4 heteroatoms. The van der Waals surface area contributed by atoms with Crippen molar-refractivity contribution in [2.45, 2.75) is 18.9 Å². The molecule has 0 amide bonds. The maximum absolute atomic E-state index is 5.99. The molecule has 1 aromatic heterocycles. The van der Waals surface area contributed by atoms with Gasteiger partial charge in [-0.25, -0.2) is 4.98 Å². The first-order valence-electron chi connectivity index (χ1n) is 5.50. The normalized spacial score (nSPS) is 28.0. The smallest absolute Gasteiger partial charge is 0.147 e. The molecule has 1 aromatic rings. The first-order chi connectivity index (χ1) is 7.75. The van der Waals surface area contributed by atoms with Crippen LogP contribution < -0.4 is 5.32 Å². The lowest BCUT2D eigenvalue weighted by molar-refractivity contribution is 0.557. The molecule has 2 atom stereocenters. The Kier molecular flexibility index (Phi) is 2.66. The fourth-order valence-electron chi connectivity index (χ4n) is 2.66. The van der Waals surface area contributed by atoms with E-state index in [0.717, 1.165) is 24.4 Å². The third-order valence-electron chi connectivity index (χ3n) is 3.46. The van der Waals surface area contributed by atoms with Crippen LogP contribution in [0.5, 0.6) is 0 Å². The van der Waals surface area contributed by atoms with Crippen molar-refractivity contribution >= 4 is 28.8 Å². The number of hydrogen-bond acceptors (Lipinski definition) is 2. The largest absolute Gasteiger partial charge is 0.310 e. The van der Waals surface area contributed by atoms with Crippen molar-refractivity contribution in [2.24, 2.45) is 5.92 Å². The number of aromatic nitrogens is 1. The van der Waals surface area contributed by atoms with Crippen LogP contribution in [0.2, 0.25) is 10.2 Å². The Labute approximate surface area is 105 Å². The van der Waals surface area contributed by atoms with Crippen LogP contribution in [0.3, 0.4) is 0 Å². The minimum atomic E-state index is 0.375. The molecule has 0 saturated carbocycles. The van der Waals surface area contributed by atoms with Gasteiger partial charge in [0.25, 0.3) is 0 Å². The number of nitrogens with one attached hydrogen (secondary N) is 1. The summed E-state index contributed by atoms with van der Waals surface area (Å²) in [5, 5.41) is 4.43. The SMILES string of the molecule is Clc1cc(C2=CC[C@H]3CCN[C@@H]23)cnc1Cl. The molecule has 0 unspecified atom stereocenters. The van der Waals surface area contributed by atoms with E-state index < -0.39 is 0 Å². The number of rotatable bonds is 1. The molecule has 0 aromatic carbocycles. The second-order valence-corrected chi connectivity index (χ2v) is 5.14. The van der Waals surface area contributed by atoms with E-state index in [-0.39, 0.29) is 0 Å². The van der Waals surface area contributed by atoms with Gasteiger partial charge in [-0.1, -0.05) is 29.3 Å². The monoisotopic (exact) mass is 254 g/mol. The van der Waals surface area contributed by atoms with Gasteiger partial charge in [-0.2, -0.15) is 0 Å². The van der Waals surface area contributed by atoms with Gasteiger partial charge >= 0.3 is 0 Å². The molecule has 0 radical (unpaired) electrons. The van der Waals surface area contributed by atoms with Gasteiger partial charge in [0.2, 0.25) is 0 Å². The van der Waals surface area contributed by atoms with Crippen molar-refractivity contribution in [1.29, 1.82) is 0 Å². The maximum Gasteiger partial charge on any atom is 0.147 e. The summed E-state index contributed by atoms with van der Waals surface area (Å²) in [4.78, 5) is 4.10. The molecule has 16 heavy (non-hydrogen) atoms. The lowest BCUT2D eigenvalue weighted by atomic mass is 9.97. The topological polar surface area (TPSA) is 24.9 Å². The molecule has 1 aliphatic carbocycles. The first-order valence-corrected chi connectivity index (χ1v) is 6.26. The summed E-state index contributed by atoms with van der Waals surface area (Å²) in [6.45, 7) is 1.11. The average molecular weight is 255 g/mol. The zero-order chi connectivity index (χ0) is 11.1. The van der Waals surface area contributed by atoms with Crippen LogP contribution in [0, 0.1) is 5.92 Å². The molecular weight excluding hydrogens is 243 g/mol. The van der Waals surface area contributed by atoms with Gasteiger partial charge in [0.05, 0.1) is 5.02 Å². The zero-order valence-electron chi connectivity index (χ0n) is 8.71. The number of fused-ring (bicyclic) bond motifs is 1. The average Bonchev–Trinajstić information content (AvgIpc) is 2.83. The number of halogens is 2. The van der Waals surface area contributed by atoms with Gasteiger partial charge in [0, 0.05) is 12.2 Å².